The number of ether oxygens (including phenoxy) is 2. The van der Waals surface area contributed by atoms with E-state index in [2.05, 4.69) is 32.5 Å². The lowest BCUT2D eigenvalue weighted by Gasteiger charge is -2.17. The highest BCUT2D eigenvalue weighted by Gasteiger charge is 2.15. The number of nitrogens with zero attached hydrogens (tertiary/aromatic N) is 4. The second-order valence-electron chi connectivity index (χ2n) is 6.60. The van der Waals surface area contributed by atoms with E-state index >= 15 is 0 Å². The minimum absolute atomic E-state index is 0.718. The van der Waals surface area contributed by atoms with E-state index in [-0.39, 0.29) is 0 Å². The Morgan fingerprint density at radius 2 is 1.86 bits per heavy atom. The first-order valence-electron chi connectivity index (χ1n) is 8.82. The Kier molecular flexibility index (Phi) is 4.94. The van der Waals surface area contributed by atoms with Gasteiger partial charge in [-0.3, -0.25) is 10.00 Å². The number of H-pyrrole nitrogens is 1. The molecule has 0 aliphatic carbocycles. The first-order valence-corrected chi connectivity index (χ1v) is 8.82. The van der Waals surface area contributed by atoms with E-state index in [0.29, 0.717) is 0 Å². The summed E-state index contributed by atoms with van der Waals surface area (Å²) in [6.07, 6.45) is 1.85. The molecule has 0 radical (unpaired) electrons. The van der Waals surface area contributed by atoms with Gasteiger partial charge in [0.1, 0.15) is 22.5 Å². The second kappa shape index (κ2) is 7.69. The maximum atomic E-state index is 5.54. The van der Waals surface area contributed by atoms with Crippen molar-refractivity contribution in [2.24, 2.45) is 0 Å². The molecule has 0 saturated heterocycles. The van der Waals surface area contributed by atoms with Gasteiger partial charge in [0, 0.05) is 30.3 Å². The average molecular weight is 379 g/mol. The van der Waals surface area contributed by atoms with Crippen LogP contribution in [0.5, 0.6) is 11.5 Å². The molecule has 8 heteroatoms. The van der Waals surface area contributed by atoms with Crippen molar-refractivity contribution in [2.45, 2.75) is 13.1 Å². The van der Waals surface area contributed by atoms with Crippen LogP contribution in [0.1, 0.15) is 11.1 Å². The van der Waals surface area contributed by atoms with Crippen LogP contribution in [0.15, 0.2) is 47.2 Å². The molecular weight excluding hydrogens is 358 g/mol. The lowest BCUT2D eigenvalue weighted by molar-refractivity contribution is 0.315. The van der Waals surface area contributed by atoms with Gasteiger partial charge < -0.3 is 9.47 Å². The molecule has 0 aliphatic rings. The normalized spacial score (nSPS) is 11.3. The number of aromatic amines is 1. The van der Waals surface area contributed by atoms with Crippen LogP contribution in [0.3, 0.4) is 0 Å². The summed E-state index contributed by atoms with van der Waals surface area (Å²) in [5.74, 6) is 1.48. The molecule has 4 aromatic rings. The van der Waals surface area contributed by atoms with E-state index in [9.17, 15) is 0 Å². The standard InChI is InChI=1S/C20H21N5O3/c1-25(11-13-4-7-17-18(8-13)24-28-23-17)12-14-10-21-22-20(14)16-6-5-15(26-2)9-19(16)27-3/h4-10H,11-12H2,1-3H3,(H,21,22). The number of aromatic nitrogens is 4. The lowest BCUT2D eigenvalue weighted by Crippen LogP contribution is -2.17. The monoisotopic (exact) mass is 379 g/mol. The topological polar surface area (TPSA) is 89.3 Å². The van der Waals surface area contributed by atoms with Crippen molar-refractivity contribution in [3.05, 3.63) is 53.7 Å². The highest BCUT2D eigenvalue weighted by molar-refractivity contribution is 5.73. The predicted octanol–water partition coefficient (Wildman–Crippen LogP) is 3.26. The smallest absolute Gasteiger partial charge is 0.135 e. The van der Waals surface area contributed by atoms with Gasteiger partial charge in [-0.1, -0.05) is 6.07 Å². The van der Waals surface area contributed by atoms with E-state index in [1.165, 1.54) is 0 Å². The van der Waals surface area contributed by atoms with E-state index in [4.69, 9.17) is 14.1 Å². The Morgan fingerprint density at radius 3 is 2.68 bits per heavy atom. The van der Waals surface area contributed by atoms with Crippen molar-refractivity contribution in [1.29, 1.82) is 0 Å². The van der Waals surface area contributed by atoms with Crippen LogP contribution < -0.4 is 9.47 Å². The molecule has 0 atom stereocenters. The predicted molar refractivity (Wildman–Crippen MR) is 104 cm³/mol. The zero-order chi connectivity index (χ0) is 19.5. The first kappa shape index (κ1) is 18.0. The van der Waals surface area contributed by atoms with Gasteiger partial charge in [0.25, 0.3) is 0 Å². The lowest BCUT2D eigenvalue weighted by atomic mass is 10.1. The molecule has 2 heterocycles. The van der Waals surface area contributed by atoms with Crippen molar-refractivity contribution in [1.82, 2.24) is 25.4 Å². The summed E-state index contributed by atoms with van der Waals surface area (Å²) in [7, 11) is 5.35. The van der Waals surface area contributed by atoms with Crippen molar-refractivity contribution in [2.75, 3.05) is 21.3 Å². The fourth-order valence-corrected chi connectivity index (χ4v) is 3.25. The molecule has 0 spiro atoms. The van der Waals surface area contributed by atoms with Crippen molar-refractivity contribution >= 4 is 11.0 Å². The molecule has 1 N–H and O–H groups in total. The molecule has 0 fully saturated rings. The minimum Gasteiger partial charge on any atom is -0.497 e. The third-order valence-corrected chi connectivity index (χ3v) is 4.61. The molecule has 0 bridgehead atoms. The van der Waals surface area contributed by atoms with E-state index < -0.39 is 0 Å². The summed E-state index contributed by atoms with van der Waals surface area (Å²) in [6.45, 7) is 1.48. The van der Waals surface area contributed by atoms with E-state index in [1.54, 1.807) is 14.2 Å². The Bertz CT molecular complexity index is 1090. The number of hydrogen-bond donors (Lipinski definition) is 1. The maximum absolute atomic E-state index is 5.54. The van der Waals surface area contributed by atoms with Gasteiger partial charge in [-0.15, -0.1) is 0 Å². The average Bonchev–Trinajstić information content (AvgIpc) is 3.36. The molecule has 4 rings (SSSR count). The number of hydrogen-bond acceptors (Lipinski definition) is 7. The summed E-state index contributed by atoms with van der Waals surface area (Å²) in [6, 6.07) is 11.7. The summed E-state index contributed by atoms with van der Waals surface area (Å²) >= 11 is 0. The molecule has 0 amide bonds. The van der Waals surface area contributed by atoms with Crippen LogP contribution in [-0.2, 0) is 13.1 Å². The van der Waals surface area contributed by atoms with Crippen LogP contribution >= 0.6 is 0 Å². The number of benzene rings is 2. The van der Waals surface area contributed by atoms with Crippen molar-refractivity contribution in [3.63, 3.8) is 0 Å². The molecule has 0 unspecified atom stereocenters. The van der Waals surface area contributed by atoms with Crippen LogP contribution in [0, 0.1) is 0 Å². The molecular formula is C20H21N5O3. The van der Waals surface area contributed by atoms with Crippen LogP contribution in [0.25, 0.3) is 22.3 Å². The zero-order valence-corrected chi connectivity index (χ0v) is 16.0. The summed E-state index contributed by atoms with van der Waals surface area (Å²) in [5, 5.41) is 15.1. The van der Waals surface area contributed by atoms with Gasteiger partial charge >= 0.3 is 0 Å². The SMILES string of the molecule is COc1ccc(-c2[nH]ncc2CN(C)Cc2ccc3nonc3c2)c(OC)c1. The van der Waals surface area contributed by atoms with Gasteiger partial charge in [-0.25, -0.2) is 4.63 Å². The largest absolute Gasteiger partial charge is 0.497 e. The molecule has 28 heavy (non-hydrogen) atoms. The highest BCUT2D eigenvalue weighted by Crippen LogP contribution is 2.34. The summed E-state index contributed by atoms with van der Waals surface area (Å²) < 4.78 is 15.6. The maximum Gasteiger partial charge on any atom is 0.135 e. The molecule has 8 nitrogen and oxygen atoms in total. The van der Waals surface area contributed by atoms with Crippen LogP contribution in [-0.4, -0.2) is 46.7 Å². The van der Waals surface area contributed by atoms with Gasteiger partial charge in [0.15, 0.2) is 0 Å². The zero-order valence-electron chi connectivity index (χ0n) is 16.0. The first-order chi connectivity index (χ1) is 13.7. The molecule has 0 aliphatic heterocycles. The molecule has 2 aromatic heterocycles. The van der Waals surface area contributed by atoms with Gasteiger partial charge in [0.05, 0.1) is 26.1 Å². The second-order valence-corrected chi connectivity index (χ2v) is 6.60. The molecule has 0 saturated carbocycles. The highest BCUT2D eigenvalue weighted by atomic mass is 16.6. The van der Waals surface area contributed by atoms with Crippen molar-refractivity contribution in [3.8, 4) is 22.8 Å². The minimum atomic E-state index is 0.718. The van der Waals surface area contributed by atoms with Gasteiger partial charge in [-0.05, 0) is 47.2 Å². The van der Waals surface area contributed by atoms with Crippen LogP contribution in [0.2, 0.25) is 0 Å². The Balaban J connectivity index is 1.54. The molecule has 2 aromatic carbocycles. The Hall–Kier alpha value is -3.39. The fraction of sp³-hybridized carbons (Fsp3) is 0.250. The molecule has 144 valence electrons. The number of methoxy groups -OCH3 is 2. The van der Waals surface area contributed by atoms with E-state index in [0.717, 1.165) is 58.0 Å². The quantitative estimate of drug-likeness (QED) is 0.527. The number of nitrogens with one attached hydrogen (secondary N) is 1. The summed E-state index contributed by atoms with van der Waals surface area (Å²) in [4.78, 5) is 2.21. The third kappa shape index (κ3) is 3.54. The van der Waals surface area contributed by atoms with Crippen LogP contribution in [0.4, 0.5) is 0 Å². The Morgan fingerprint density at radius 1 is 1.00 bits per heavy atom. The fourth-order valence-electron chi connectivity index (χ4n) is 3.25. The summed E-state index contributed by atoms with van der Waals surface area (Å²) in [5.41, 5.74) is 5.61. The Labute approximate surface area is 162 Å². The van der Waals surface area contributed by atoms with E-state index in [1.807, 2.05) is 42.6 Å². The van der Waals surface area contributed by atoms with Gasteiger partial charge in [-0.2, -0.15) is 5.10 Å². The van der Waals surface area contributed by atoms with Gasteiger partial charge in [0.2, 0.25) is 0 Å². The third-order valence-electron chi connectivity index (χ3n) is 4.61. The van der Waals surface area contributed by atoms with Crippen molar-refractivity contribution < 1.29 is 14.1 Å². The number of rotatable bonds is 7. The number of fused-ring (bicyclic) bond motifs is 1.